The Bertz CT molecular complexity index is 4590. The van der Waals surface area contributed by atoms with Gasteiger partial charge in [-0.3, -0.25) is 27.8 Å². The molecule has 0 aliphatic carbocycles. The summed E-state index contributed by atoms with van der Waals surface area (Å²) in [6, 6.07) is 35.1. The van der Waals surface area contributed by atoms with Crippen molar-refractivity contribution in [2.75, 3.05) is 33.7 Å². The van der Waals surface area contributed by atoms with E-state index >= 15 is 0 Å². The summed E-state index contributed by atoms with van der Waals surface area (Å²) in [5, 5.41) is 22.0. The molecule has 3 N–H and O–H groups in total. The topological polar surface area (TPSA) is 215 Å². The van der Waals surface area contributed by atoms with Gasteiger partial charge in [0.05, 0.1) is 72.4 Å². The van der Waals surface area contributed by atoms with Crippen molar-refractivity contribution in [2.24, 2.45) is 5.73 Å². The number of nitrogens with zero attached hydrogens (tertiary/aromatic N) is 16. The minimum Gasteiger partial charge on any atom is -0.364 e. The number of imidazole rings is 6. The van der Waals surface area contributed by atoms with Crippen LogP contribution in [-0.4, -0.2) is 106 Å². The van der Waals surface area contributed by atoms with Crippen LogP contribution in [0.15, 0.2) is 146 Å². The fourth-order valence-electron chi connectivity index (χ4n) is 11.2. The third-order valence-corrected chi connectivity index (χ3v) is 15.3. The van der Waals surface area contributed by atoms with Gasteiger partial charge in [-0.1, -0.05) is 0 Å². The summed E-state index contributed by atoms with van der Waals surface area (Å²) >= 11 is 0. The smallest absolute Gasteiger partial charge is 0.267 e. The van der Waals surface area contributed by atoms with Crippen molar-refractivity contribution in [3.63, 3.8) is 0 Å². The molecule has 416 valence electrons. The normalized spacial score (nSPS) is 14.0. The van der Waals surface area contributed by atoms with Crippen molar-refractivity contribution in [2.45, 2.75) is 39.3 Å². The molecule has 12 heterocycles. The highest BCUT2D eigenvalue weighted by Crippen LogP contribution is 2.38. The van der Waals surface area contributed by atoms with Gasteiger partial charge in [0.2, 0.25) is 0 Å². The number of benzene rings is 3. The molecule has 0 fully saturated rings. The standard InChI is InChI=1S/C21H19FN6O.C21H17FN6.C20H15FN6/c1-26-8-9-27-18(12-26)25-19(13-2-5-15(22)6-3-13)20(27)14-4-7-17-24-10-16(21(23)29)28(17)11-14;1-26-8-9-27-19(13-26)25-20(14-2-5-16(22)6-3-14)21(27)15-4-7-18-24-11-17(10-23)28(18)12-15;21-15-4-1-13(2-5-15)19-20(26-8-7-23-11-18(26)25-19)14-3-6-17-24-10-16(9-22)27(17)12-14/h2-7,10-11H,8-9,12H2,1H3,(H2,23,29);2-7,11-12H,8-9,13H2,1H3;1-6,10,12,23H,7-8,11H2. The van der Waals surface area contributed by atoms with E-state index in [9.17, 15) is 28.5 Å². The van der Waals surface area contributed by atoms with Gasteiger partial charge < -0.3 is 24.8 Å². The van der Waals surface area contributed by atoms with E-state index in [-0.39, 0.29) is 17.5 Å². The minimum absolute atomic E-state index is 0.271. The summed E-state index contributed by atoms with van der Waals surface area (Å²) in [7, 11) is 4.14. The Morgan fingerprint density at radius 3 is 1.27 bits per heavy atom. The number of primary amides is 1. The molecule has 0 bridgehead atoms. The van der Waals surface area contributed by atoms with Crippen LogP contribution in [0.1, 0.15) is 39.3 Å². The number of hydrogen-bond acceptors (Lipinski definition) is 12. The highest BCUT2D eigenvalue weighted by molar-refractivity contribution is 5.92. The molecule has 0 unspecified atom stereocenters. The molecular weight excluding hydrogens is 1070 g/mol. The highest BCUT2D eigenvalue weighted by atomic mass is 19.1. The Kier molecular flexibility index (Phi) is 13.7. The van der Waals surface area contributed by atoms with Crippen LogP contribution in [0.5, 0.6) is 0 Å². The molecule has 3 aliphatic rings. The van der Waals surface area contributed by atoms with Crippen molar-refractivity contribution in [3.05, 3.63) is 198 Å². The van der Waals surface area contributed by atoms with Gasteiger partial charge >= 0.3 is 0 Å². The van der Waals surface area contributed by atoms with Crippen molar-refractivity contribution < 1.29 is 18.0 Å². The molecule has 0 saturated heterocycles. The first-order chi connectivity index (χ1) is 40.9. The molecule has 9 aromatic heterocycles. The van der Waals surface area contributed by atoms with Crippen LogP contribution in [0.2, 0.25) is 0 Å². The SMILES string of the molecule is CN1CCn2c(nc(-c3ccc(F)cc3)c2-c2ccc3ncc(C#N)n3c2)C1.CN1CCn2c(nc(-c3ccc(F)cc3)c2-c2ccc3ncc(C(N)=O)n3c2)C1.N#Cc1cnc2ccc(-c3c(-c4ccc(F)cc4)nc4n3CCNC4)cn12. The maximum absolute atomic E-state index is 13.5. The first-order valence-corrected chi connectivity index (χ1v) is 27.1. The lowest BCUT2D eigenvalue weighted by atomic mass is 10.1. The molecule has 22 heteroatoms. The second-order valence-corrected chi connectivity index (χ2v) is 20.8. The molecule has 3 aromatic carbocycles. The molecule has 19 nitrogen and oxygen atoms in total. The first kappa shape index (κ1) is 52.8. The number of nitrogens with one attached hydrogen (secondary N) is 1. The van der Waals surface area contributed by atoms with E-state index in [1.807, 2.05) is 55.0 Å². The first-order valence-electron chi connectivity index (χ1n) is 27.1. The number of halogens is 3. The third-order valence-electron chi connectivity index (χ3n) is 15.3. The lowest BCUT2D eigenvalue weighted by molar-refractivity contribution is 0.0994. The second kappa shape index (κ2) is 21.8. The Hall–Kier alpha value is -10.5. The van der Waals surface area contributed by atoms with Gasteiger partial charge in [0.1, 0.15) is 81.1 Å². The average Bonchev–Trinajstić information content (AvgIpc) is 3.15. The number of fused-ring (bicyclic) bond motifs is 6. The number of rotatable bonds is 7. The molecule has 1 amide bonds. The summed E-state index contributed by atoms with van der Waals surface area (Å²) < 4.78 is 52.2. The van der Waals surface area contributed by atoms with Crippen LogP contribution in [0.25, 0.3) is 84.5 Å². The van der Waals surface area contributed by atoms with Gasteiger partial charge in [-0.05, 0) is 123 Å². The number of carbonyl (C=O) groups is 1. The Morgan fingerprint density at radius 1 is 0.488 bits per heavy atom. The molecule has 3 aliphatic heterocycles. The van der Waals surface area contributed by atoms with E-state index in [1.54, 1.807) is 62.0 Å². The highest BCUT2D eigenvalue weighted by Gasteiger charge is 2.28. The van der Waals surface area contributed by atoms with Crippen molar-refractivity contribution >= 4 is 22.8 Å². The Labute approximate surface area is 478 Å². The van der Waals surface area contributed by atoms with Crippen LogP contribution in [0.3, 0.4) is 0 Å². The summed E-state index contributed by atoms with van der Waals surface area (Å²) in [5.74, 6) is 1.51. The van der Waals surface area contributed by atoms with Gasteiger partial charge in [0.25, 0.3) is 5.91 Å². The van der Waals surface area contributed by atoms with Crippen molar-refractivity contribution in [1.29, 1.82) is 10.5 Å². The van der Waals surface area contributed by atoms with E-state index in [0.29, 0.717) is 29.3 Å². The minimum atomic E-state index is -0.537. The summed E-state index contributed by atoms with van der Waals surface area (Å²) in [5.41, 5.74) is 19.5. The number of amides is 1. The fourth-order valence-corrected chi connectivity index (χ4v) is 11.2. The van der Waals surface area contributed by atoms with E-state index in [0.717, 1.165) is 149 Å². The molecule has 0 atom stereocenters. The largest absolute Gasteiger partial charge is 0.364 e. The Morgan fingerprint density at radius 2 is 0.857 bits per heavy atom. The number of carbonyl (C=O) groups excluding carboxylic acids is 1. The summed E-state index contributed by atoms with van der Waals surface area (Å²) in [6.45, 7) is 7.27. The molecule has 0 radical (unpaired) electrons. The maximum atomic E-state index is 13.5. The van der Waals surface area contributed by atoms with E-state index in [4.69, 9.17) is 20.7 Å². The van der Waals surface area contributed by atoms with Gasteiger partial charge in [0, 0.05) is 91.2 Å². The fraction of sp³-hybridized carbons (Fsp3) is 0.177. The van der Waals surface area contributed by atoms with Crippen molar-refractivity contribution in [1.82, 2.24) is 71.9 Å². The number of aromatic nitrogens is 12. The number of likely N-dealkylation sites (N-methyl/N-ethyl adjacent to an activating group) is 2. The molecule has 0 saturated carbocycles. The Balaban J connectivity index is 0.000000118. The zero-order valence-corrected chi connectivity index (χ0v) is 45.5. The predicted octanol–water partition coefficient (Wildman–Crippen LogP) is 8.85. The molecular formula is C62H51F3N18O. The average molecular weight is 1120 g/mol. The van der Waals surface area contributed by atoms with Crippen LogP contribution in [0, 0.1) is 40.1 Å². The lowest BCUT2D eigenvalue weighted by Crippen LogP contribution is -2.30. The molecule has 12 aromatic rings. The van der Waals surface area contributed by atoms with E-state index < -0.39 is 5.91 Å². The summed E-state index contributed by atoms with van der Waals surface area (Å²) in [4.78, 5) is 43.6. The second-order valence-electron chi connectivity index (χ2n) is 20.8. The molecule has 0 spiro atoms. The third kappa shape index (κ3) is 9.79. The van der Waals surface area contributed by atoms with Crippen LogP contribution < -0.4 is 11.1 Å². The quantitative estimate of drug-likeness (QED) is 0.153. The molecule has 15 rings (SSSR count). The molecule has 84 heavy (non-hydrogen) atoms. The van der Waals surface area contributed by atoms with Crippen LogP contribution in [-0.2, 0) is 39.3 Å². The predicted molar refractivity (Wildman–Crippen MR) is 308 cm³/mol. The van der Waals surface area contributed by atoms with Crippen LogP contribution >= 0.6 is 0 Å². The van der Waals surface area contributed by atoms with Gasteiger partial charge in [0.15, 0.2) is 0 Å². The number of nitriles is 2. The van der Waals surface area contributed by atoms with Gasteiger partial charge in [-0.25, -0.2) is 43.1 Å². The van der Waals surface area contributed by atoms with Gasteiger partial charge in [-0.2, -0.15) is 10.5 Å². The maximum Gasteiger partial charge on any atom is 0.267 e. The van der Waals surface area contributed by atoms with E-state index in [1.165, 1.54) is 42.6 Å². The summed E-state index contributed by atoms with van der Waals surface area (Å²) in [6.07, 6.45) is 10.3. The monoisotopic (exact) mass is 1120 g/mol. The van der Waals surface area contributed by atoms with Gasteiger partial charge in [-0.15, -0.1) is 0 Å². The zero-order valence-electron chi connectivity index (χ0n) is 45.5. The van der Waals surface area contributed by atoms with Crippen LogP contribution in [0.4, 0.5) is 13.2 Å². The lowest BCUT2D eigenvalue weighted by Gasteiger charge is -2.24. The van der Waals surface area contributed by atoms with E-state index in [2.05, 4.69) is 70.0 Å². The number of hydrogen-bond donors (Lipinski definition) is 2. The number of nitrogens with two attached hydrogens (primary N) is 1. The number of pyridine rings is 3. The zero-order chi connectivity index (χ0) is 57.8. The van der Waals surface area contributed by atoms with Crippen molar-refractivity contribution in [3.8, 4) is 79.7 Å².